The molecule has 49 nitrogen and oxygen atoms in total. The van der Waals surface area contributed by atoms with Crippen LogP contribution in [0, 0.1) is 47.3 Å². The Morgan fingerprint density at radius 2 is 0.538 bits per heavy atom. The van der Waals surface area contributed by atoms with Crippen LogP contribution < -0.4 is 131 Å². The molecule has 19 amide bonds. The Labute approximate surface area is 852 Å². The number of carboxylic acid groups (broad SMARTS) is 1. The molecule has 2 aliphatic rings. The SMILES string of the molecule is CC(C)C[C@H](NC(=O)[C@H](C)NC(=O)[C@H](CC(C)C)NC(=O)[C@H](CC(C)C)NC(=O)[C@@H](NC(=O)[C@H](C)NC(=O)[C@@H]1CCCN1C(=O)[C@@H](NC(=O)[C@H](C)NC(=O)[C@@H](NC(=O)[C@H](C)NC(=O)[C@@H](NC(=O)[C@H](C)NC(=O)[C@H](CCCCN)NC(=O)[C@H](CCCCN)NC(=O)[C@H](CCCN=C(N)N)NC(=O)[C@@H](N)CCCN=C(N)N)C(C)C)C(C)C)C(C)C)C(C)C)C(=O)N[C@@H](CC(C)C)C(=O)N[C@@H](C)C(=O)N1CCC[C@H]1C(=O)O. The van der Waals surface area contributed by atoms with Gasteiger partial charge in [-0.25, -0.2) is 4.79 Å². The fourth-order valence-corrected chi connectivity index (χ4v) is 16.2. The molecule has 2 rings (SSSR count). The summed E-state index contributed by atoms with van der Waals surface area (Å²) in [6, 6.07) is -25.0. The summed E-state index contributed by atoms with van der Waals surface area (Å²) in [6.45, 7) is 36.7. The van der Waals surface area contributed by atoms with Gasteiger partial charge in [0.15, 0.2) is 11.9 Å². The van der Waals surface area contributed by atoms with Crippen molar-refractivity contribution >= 4 is 130 Å². The molecule has 0 saturated carbocycles. The Morgan fingerprint density at radius 1 is 0.283 bits per heavy atom. The lowest BCUT2D eigenvalue weighted by Crippen LogP contribution is -2.61. The van der Waals surface area contributed by atoms with Crippen LogP contribution in [-0.2, 0) is 95.9 Å². The van der Waals surface area contributed by atoms with E-state index in [2.05, 4.69) is 100 Å². The average Bonchev–Trinajstić information content (AvgIpc) is 1.70. The first-order valence-electron chi connectivity index (χ1n) is 51.0. The van der Waals surface area contributed by atoms with Crippen LogP contribution >= 0.6 is 0 Å². The lowest BCUT2D eigenvalue weighted by Gasteiger charge is -2.32. The molecule has 2 heterocycles. The van der Waals surface area contributed by atoms with E-state index in [0.717, 1.165) is 0 Å². The van der Waals surface area contributed by atoms with Crippen LogP contribution in [0.3, 0.4) is 0 Å². The molecule has 2 aliphatic heterocycles. The van der Waals surface area contributed by atoms with Crippen LogP contribution in [0.15, 0.2) is 9.98 Å². The number of rotatable bonds is 65. The monoisotopic (exact) mass is 2060 g/mol. The van der Waals surface area contributed by atoms with Gasteiger partial charge in [-0.2, -0.15) is 0 Å². The first kappa shape index (κ1) is 129. The van der Waals surface area contributed by atoms with Crippen molar-refractivity contribution in [1.29, 1.82) is 0 Å². The van der Waals surface area contributed by atoms with Gasteiger partial charge >= 0.3 is 5.97 Å². The number of carbonyl (C=O) groups excluding carboxylic acids is 19. The van der Waals surface area contributed by atoms with Gasteiger partial charge in [-0.3, -0.25) is 101 Å². The summed E-state index contributed by atoms with van der Waals surface area (Å²) < 4.78 is 0. The van der Waals surface area contributed by atoms with Crippen LogP contribution in [0.4, 0.5) is 0 Å². The van der Waals surface area contributed by atoms with E-state index in [4.69, 9.17) is 40.1 Å². The molecule has 0 aromatic heterocycles. The summed E-state index contributed by atoms with van der Waals surface area (Å²) in [5, 5.41) is 54.9. The molecular formula is C96H174N28O21. The summed E-state index contributed by atoms with van der Waals surface area (Å²) in [5.74, 6) is -19.3. The van der Waals surface area contributed by atoms with Crippen molar-refractivity contribution < 1.29 is 101 Å². The van der Waals surface area contributed by atoms with Crippen LogP contribution in [0.5, 0.6) is 0 Å². The van der Waals surface area contributed by atoms with E-state index >= 15 is 0 Å². The molecule has 49 heteroatoms. The van der Waals surface area contributed by atoms with Gasteiger partial charge in [0.25, 0.3) is 0 Å². The van der Waals surface area contributed by atoms with Crippen LogP contribution in [0.2, 0.25) is 0 Å². The minimum Gasteiger partial charge on any atom is -0.480 e. The number of nitrogens with two attached hydrogens (primary N) is 7. The molecule has 0 unspecified atom stereocenters. The highest BCUT2D eigenvalue weighted by Crippen LogP contribution is 2.24. The van der Waals surface area contributed by atoms with Crippen LogP contribution in [0.25, 0.3) is 0 Å². The topological polar surface area (TPSA) is 779 Å². The predicted octanol–water partition coefficient (Wildman–Crippen LogP) is -4.09. The van der Waals surface area contributed by atoms with Crippen molar-refractivity contribution in [2.24, 2.45) is 97.5 Å². The Morgan fingerprint density at radius 3 is 0.876 bits per heavy atom. The first-order chi connectivity index (χ1) is 67.7. The zero-order valence-corrected chi connectivity index (χ0v) is 89.1. The van der Waals surface area contributed by atoms with E-state index in [1.54, 1.807) is 83.1 Å². The van der Waals surface area contributed by atoms with Crippen LogP contribution in [0.1, 0.15) is 268 Å². The predicted molar refractivity (Wildman–Crippen MR) is 545 cm³/mol. The third-order valence-corrected chi connectivity index (χ3v) is 24.5. The number of aliphatic carboxylic acids is 1. The van der Waals surface area contributed by atoms with E-state index in [-0.39, 0.29) is 145 Å². The number of unbranched alkanes of at least 4 members (excludes halogenated alkanes) is 2. The Kier molecular flexibility index (Phi) is 57.5. The van der Waals surface area contributed by atoms with Crippen molar-refractivity contribution in [3.8, 4) is 0 Å². The molecule has 0 aromatic rings. The number of hydrogen-bond acceptors (Lipinski definition) is 25. The van der Waals surface area contributed by atoms with Gasteiger partial charge in [0.2, 0.25) is 112 Å². The number of carbonyl (C=O) groups is 20. The maximum atomic E-state index is 14.6. The largest absolute Gasteiger partial charge is 0.480 e. The molecule has 0 aliphatic carbocycles. The molecule has 2 saturated heterocycles. The molecule has 32 N–H and O–H groups in total. The van der Waals surface area contributed by atoms with Gasteiger partial charge < -0.3 is 145 Å². The van der Waals surface area contributed by atoms with Crippen molar-refractivity contribution in [1.82, 2.24) is 100 Å². The molecule has 824 valence electrons. The number of carboxylic acids is 1. The molecule has 20 atom stereocenters. The number of guanidine groups is 2. The molecule has 0 spiro atoms. The van der Waals surface area contributed by atoms with Crippen LogP contribution in [-0.4, -0.2) is 305 Å². The van der Waals surface area contributed by atoms with Gasteiger partial charge in [-0.05, 0) is 218 Å². The van der Waals surface area contributed by atoms with E-state index in [9.17, 15) is 101 Å². The van der Waals surface area contributed by atoms with Crippen molar-refractivity contribution in [2.75, 3.05) is 39.3 Å². The highest BCUT2D eigenvalue weighted by Gasteiger charge is 2.44. The standard InChI is InChI=1S/C96H174N28O21/c1-47(2)43-65(84(134)107-55(17)75(125)115-67(45-49(5)6)86(136)117-66(44-48(3)4)85(135)111-60(22)92(142)124-42-30-36-70(124)94(144)145)116-87(137)68(46-50(7)8)118-91(141)73(53(13)14)121-77(127)57(19)108-88(138)69-35-29-41-123(69)93(143)74(54(15)16)122-79(129)59(21)110-90(140)72(52(11)12)120-78(128)58(20)109-89(139)71(51(9)10)119-76(126)56(18)106-81(131)62(32-23-25-37-97)113-82(132)63(33-24-26-38-98)114-83(133)64(34-28-40-105-96(102)103)112-80(130)61(99)31-27-39-104-95(100)101/h47-74H,23-46,97-99H2,1-22H3,(H,106,131)(H,107,134)(H,108,138)(H,109,139)(H,110,140)(H,111,135)(H,112,130)(H,113,132)(H,114,133)(H,115,125)(H,116,137)(H,117,136)(H,118,141)(H,119,126)(H,120,128)(H,121,127)(H,122,129)(H,144,145)(H4,100,101,104)(H4,102,103,105)/t55-,56-,57-,58-,59-,60-,61-,62-,63-,64-,65-,66-,67-,68-,69-,70-,71-,72-,73-,74-/m0/s1. The fourth-order valence-electron chi connectivity index (χ4n) is 16.2. The highest BCUT2D eigenvalue weighted by atomic mass is 16.4. The minimum atomic E-state index is -1.35. The normalized spacial score (nSPS) is 17.3. The summed E-state index contributed by atoms with van der Waals surface area (Å²) in [7, 11) is 0. The zero-order valence-electron chi connectivity index (χ0n) is 89.1. The number of nitrogens with one attached hydrogen (secondary N) is 17. The molecule has 145 heavy (non-hydrogen) atoms. The molecule has 0 bridgehead atoms. The average molecular weight is 2060 g/mol. The third-order valence-electron chi connectivity index (χ3n) is 24.5. The minimum absolute atomic E-state index is 0.0114. The quantitative estimate of drug-likeness (QED) is 0.0156. The van der Waals surface area contributed by atoms with E-state index in [1.165, 1.54) is 51.3 Å². The lowest BCUT2D eigenvalue weighted by atomic mass is 9.98. The number of nitrogens with zero attached hydrogens (tertiary/aromatic N) is 4. The smallest absolute Gasteiger partial charge is 0.326 e. The Bertz CT molecular complexity index is 4370. The second-order valence-corrected chi connectivity index (χ2v) is 41.0. The Balaban J connectivity index is 2.22. The van der Waals surface area contributed by atoms with Crippen molar-refractivity contribution in [2.45, 2.75) is 389 Å². The van der Waals surface area contributed by atoms with Gasteiger partial charge in [-0.1, -0.05) is 111 Å². The maximum Gasteiger partial charge on any atom is 0.326 e. The zero-order chi connectivity index (χ0) is 110. The van der Waals surface area contributed by atoms with Crippen molar-refractivity contribution in [3.63, 3.8) is 0 Å². The lowest BCUT2D eigenvalue weighted by molar-refractivity contribution is -0.149. The molecule has 0 aromatic carbocycles. The van der Waals surface area contributed by atoms with Gasteiger partial charge in [0.05, 0.1) is 6.04 Å². The van der Waals surface area contributed by atoms with Gasteiger partial charge in [0.1, 0.15) is 115 Å². The van der Waals surface area contributed by atoms with E-state index < -0.39 is 263 Å². The number of likely N-dealkylation sites (tertiary alicyclic amines) is 2. The molecule has 2 fully saturated rings. The summed E-state index contributed by atoms with van der Waals surface area (Å²) >= 11 is 0. The summed E-state index contributed by atoms with van der Waals surface area (Å²) in [6.07, 6.45) is 3.93. The number of amides is 19. The highest BCUT2D eigenvalue weighted by molar-refractivity contribution is 6.02. The second-order valence-electron chi connectivity index (χ2n) is 41.0. The van der Waals surface area contributed by atoms with Crippen molar-refractivity contribution in [3.05, 3.63) is 0 Å². The molecular weight excluding hydrogens is 1880 g/mol. The van der Waals surface area contributed by atoms with E-state index in [1.807, 2.05) is 27.7 Å². The maximum absolute atomic E-state index is 14.6. The fraction of sp³-hybridized carbons (Fsp3) is 0.771. The summed E-state index contributed by atoms with van der Waals surface area (Å²) in [4.78, 5) is 290. The van der Waals surface area contributed by atoms with Gasteiger partial charge in [-0.15, -0.1) is 0 Å². The van der Waals surface area contributed by atoms with Gasteiger partial charge in [0, 0.05) is 26.2 Å². The first-order valence-corrected chi connectivity index (χ1v) is 51.0. The van der Waals surface area contributed by atoms with E-state index in [0.29, 0.717) is 44.9 Å². The summed E-state index contributed by atoms with van der Waals surface area (Å²) in [5.41, 5.74) is 39.6. The molecule has 0 radical (unpaired) electrons. The number of aliphatic imine (C=N–C) groups is 2. The third kappa shape index (κ3) is 46.0. The Hall–Kier alpha value is -12.2. The second kappa shape index (κ2) is 64.6. The number of hydrogen-bond donors (Lipinski definition) is 25.